The fourth-order valence-electron chi connectivity index (χ4n) is 1.52. The van der Waals surface area contributed by atoms with Gasteiger partial charge in [-0.1, -0.05) is 30.3 Å². The molecule has 6 heteroatoms. The highest BCUT2D eigenvalue weighted by atomic mass is 16.9. The maximum absolute atomic E-state index is 9.28. The topological polar surface area (TPSA) is 87.6 Å². The Kier molecular flexibility index (Phi) is 7.15. The lowest BCUT2D eigenvalue weighted by molar-refractivity contribution is -0.969. The lowest BCUT2D eigenvalue weighted by Crippen LogP contribution is -2.26. The third-order valence-corrected chi connectivity index (χ3v) is 2.72. The molecule has 0 amide bonds. The first-order valence-corrected chi connectivity index (χ1v) is 5.78. The van der Waals surface area contributed by atoms with E-state index in [9.17, 15) is 5.26 Å². The molecule has 1 unspecified atom stereocenters. The number of benzene rings is 1. The summed E-state index contributed by atoms with van der Waals surface area (Å²) < 4.78 is 0. The van der Waals surface area contributed by atoms with Gasteiger partial charge in [-0.15, -0.1) is 0 Å². The van der Waals surface area contributed by atoms with Crippen LogP contribution >= 0.6 is 0 Å². The van der Waals surface area contributed by atoms with E-state index < -0.39 is 5.09 Å². The van der Waals surface area contributed by atoms with Crippen LogP contribution in [0.15, 0.2) is 30.3 Å². The van der Waals surface area contributed by atoms with E-state index in [1.54, 1.807) is 0 Å². The van der Waals surface area contributed by atoms with Crippen LogP contribution in [0.1, 0.15) is 18.9 Å². The van der Waals surface area contributed by atoms with Crippen LogP contribution in [0, 0.1) is 16.2 Å². The van der Waals surface area contributed by atoms with Crippen LogP contribution in [0.2, 0.25) is 0 Å². The molecule has 1 rings (SSSR count). The van der Waals surface area contributed by atoms with Gasteiger partial charge in [-0.2, -0.15) is 5.26 Å². The molecule has 1 aromatic rings. The molecule has 0 heterocycles. The molecule has 0 aliphatic rings. The highest BCUT2D eigenvalue weighted by molar-refractivity contribution is 5.30. The fourth-order valence-corrected chi connectivity index (χ4v) is 1.52. The summed E-state index contributed by atoms with van der Waals surface area (Å²) in [6, 6.07) is 12.4. The second-order valence-electron chi connectivity index (χ2n) is 4.62. The standard InChI is InChI=1S/C13H18N2.H2NO3/c1-13(11-14,9-10-15(2)3)12-7-5-4-6-8-12;2-1(3)4/h4-8H,9-10H2,1-3H3;(H2,2,3,4)/q;+1. The molecule has 0 aromatic heterocycles. The predicted octanol–water partition coefficient (Wildman–Crippen LogP) is 1.96. The minimum atomic E-state index is -1.25. The van der Waals surface area contributed by atoms with Crippen LogP contribution in [-0.4, -0.2) is 41.0 Å². The molecule has 0 bridgehead atoms. The van der Waals surface area contributed by atoms with Gasteiger partial charge in [0, 0.05) is 0 Å². The van der Waals surface area contributed by atoms with Crippen LogP contribution in [0.25, 0.3) is 0 Å². The molecule has 0 saturated carbocycles. The summed E-state index contributed by atoms with van der Waals surface area (Å²) in [7, 11) is 4.06. The minimum absolute atomic E-state index is 0.370. The lowest BCUT2D eigenvalue weighted by atomic mass is 9.81. The molecule has 19 heavy (non-hydrogen) atoms. The third-order valence-electron chi connectivity index (χ3n) is 2.72. The van der Waals surface area contributed by atoms with Gasteiger partial charge in [0.05, 0.1) is 11.5 Å². The lowest BCUT2D eigenvalue weighted by Gasteiger charge is -2.23. The van der Waals surface area contributed by atoms with Gasteiger partial charge in [-0.05, 0) is 39.5 Å². The summed E-state index contributed by atoms with van der Waals surface area (Å²) >= 11 is 0. The Morgan fingerprint density at radius 1 is 1.32 bits per heavy atom. The van der Waals surface area contributed by atoms with Gasteiger partial charge in [-0.25, -0.2) is 10.4 Å². The molecular weight excluding hydrogens is 246 g/mol. The maximum atomic E-state index is 9.28. The van der Waals surface area contributed by atoms with E-state index in [1.807, 2.05) is 51.4 Å². The Morgan fingerprint density at radius 2 is 1.79 bits per heavy atom. The highest BCUT2D eigenvalue weighted by Gasteiger charge is 2.25. The van der Waals surface area contributed by atoms with E-state index in [1.165, 1.54) is 0 Å². The first-order chi connectivity index (χ1) is 8.81. The summed E-state index contributed by atoms with van der Waals surface area (Å²) in [4.78, 5) is 10.6. The summed E-state index contributed by atoms with van der Waals surface area (Å²) in [5, 5.41) is 21.8. The largest absolute Gasteiger partial charge is 0.472 e. The van der Waals surface area contributed by atoms with Gasteiger partial charge in [0.2, 0.25) is 0 Å². The Bertz CT molecular complexity index is 425. The third kappa shape index (κ3) is 7.01. The van der Waals surface area contributed by atoms with Crippen molar-refractivity contribution in [1.82, 2.24) is 4.90 Å². The van der Waals surface area contributed by atoms with Crippen molar-refractivity contribution in [2.24, 2.45) is 0 Å². The monoisotopic (exact) mass is 266 g/mol. The van der Waals surface area contributed by atoms with Crippen molar-refractivity contribution in [2.45, 2.75) is 18.8 Å². The number of hydrogen-bond donors (Lipinski definition) is 2. The average molecular weight is 266 g/mol. The number of nitriles is 1. The van der Waals surface area contributed by atoms with Crippen LogP contribution in [-0.2, 0) is 5.41 Å². The SMILES string of the molecule is CN(C)CCC(C)(C#N)c1ccccc1.O=[N+](O)O. The van der Waals surface area contributed by atoms with Crippen molar-refractivity contribution in [3.63, 3.8) is 0 Å². The first kappa shape index (κ1) is 16.9. The molecule has 0 aliphatic heterocycles. The molecule has 0 spiro atoms. The van der Waals surface area contributed by atoms with Gasteiger partial charge in [-0.3, -0.25) is 0 Å². The van der Waals surface area contributed by atoms with E-state index in [2.05, 4.69) is 11.0 Å². The molecule has 0 fully saturated rings. The Balaban J connectivity index is 0.000000711. The molecule has 0 saturated heterocycles. The van der Waals surface area contributed by atoms with Crippen molar-refractivity contribution in [3.05, 3.63) is 40.8 Å². The summed E-state index contributed by atoms with van der Waals surface area (Å²) in [6.45, 7) is 2.94. The maximum Gasteiger partial charge on any atom is 0.472 e. The van der Waals surface area contributed by atoms with Gasteiger partial charge >= 0.3 is 5.09 Å². The van der Waals surface area contributed by atoms with Crippen molar-refractivity contribution >= 4 is 0 Å². The zero-order valence-corrected chi connectivity index (χ0v) is 11.4. The molecule has 6 nitrogen and oxygen atoms in total. The molecular formula is C13H20N3O3+. The summed E-state index contributed by atoms with van der Waals surface area (Å²) in [6.07, 6.45) is 0.862. The van der Waals surface area contributed by atoms with Crippen molar-refractivity contribution in [2.75, 3.05) is 20.6 Å². The molecule has 1 atom stereocenters. The Labute approximate surface area is 113 Å². The molecule has 104 valence electrons. The second-order valence-corrected chi connectivity index (χ2v) is 4.62. The Morgan fingerprint density at radius 3 is 2.16 bits per heavy atom. The second kappa shape index (κ2) is 8.06. The number of hydrogen-bond acceptors (Lipinski definition) is 3. The molecule has 1 aromatic carbocycles. The minimum Gasteiger partial charge on any atom is -0.309 e. The van der Waals surface area contributed by atoms with Crippen molar-refractivity contribution < 1.29 is 15.5 Å². The van der Waals surface area contributed by atoms with Gasteiger partial charge in [0.15, 0.2) is 0 Å². The van der Waals surface area contributed by atoms with Crippen LogP contribution in [0.5, 0.6) is 0 Å². The number of rotatable bonds is 4. The number of nitrogens with zero attached hydrogens (tertiary/aromatic N) is 3. The predicted molar refractivity (Wildman–Crippen MR) is 69.8 cm³/mol. The van der Waals surface area contributed by atoms with E-state index in [0.717, 1.165) is 18.5 Å². The quantitative estimate of drug-likeness (QED) is 0.813. The zero-order chi connectivity index (χ0) is 14.9. The summed E-state index contributed by atoms with van der Waals surface area (Å²) in [5.41, 5.74) is 0.736. The van der Waals surface area contributed by atoms with E-state index in [-0.39, 0.29) is 5.41 Å². The van der Waals surface area contributed by atoms with Gasteiger partial charge in [0.1, 0.15) is 4.91 Å². The fraction of sp³-hybridized carbons (Fsp3) is 0.462. The summed E-state index contributed by atoms with van der Waals surface area (Å²) in [5.74, 6) is 0. The van der Waals surface area contributed by atoms with Crippen LogP contribution in [0.3, 0.4) is 0 Å². The van der Waals surface area contributed by atoms with Gasteiger partial charge in [0.25, 0.3) is 0 Å². The zero-order valence-electron chi connectivity index (χ0n) is 11.4. The van der Waals surface area contributed by atoms with E-state index in [0.29, 0.717) is 0 Å². The first-order valence-electron chi connectivity index (χ1n) is 5.78. The molecule has 0 radical (unpaired) electrons. The normalized spacial score (nSPS) is 12.8. The van der Waals surface area contributed by atoms with Gasteiger partial charge < -0.3 is 4.90 Å². The van der Waals surface area contributed by atoms with Crippen LogP contribution in [0.4, 0.5) is 0 Å². The van der Waals surface area contributed by atoms with E-state index >= 15 is 0 Å². The smallest absolute Gasteiger partial charge is 0.309 e. The van der Waals surface area contributed by atoms with Crippen molar-refractivity contribution in [1.29, 1.82) is 5.26 Å². The van der Waals surface area contributed by atoms with E-state index in [4.69, 9.17) is 15.3 Å². The Hall–Kier alpha value is -2.13. The van der Waals surface area contributed by atoms with Crippen molar-refractivity contribution in [3.8, 4) is 6.07 Å². The average Bonchev–Trinajstić information content (AvgIpc) is 2.36. The van der Waals surface area contributed by atoms with Crippen LogP contribution < -0.4 is 0 Å². The highest BCUT2D eigenvalue weighted by Crippen LogP contribution is 2.26. The molecule has 2 N–H and O–H groups in total. The molecule has 0 aliphatic carbocycles.